The quantitative estimate of drug-likeness (QED) is 0.138. The van der Waals surface area contributed by atoms with E-state index in [-0.39, 0.29) is 23.2 Å². The molecule has 0 saturated heterocycles. The summed E-state index contributed by atoms with van der Waals surface area (Å²) in [5, 5.41) is 11.7. The average molecular weight is 815 g/mol. The number of benzene rings is 4. The van der Waals surface area contributed by atoms with Gasteiger partial charge in [-0.2, -0.15) is 0 Å². The summed E-state index contributed by atoms with van der Waals surface area (Å²) in [7, 11) is 5.35. The second kappa shape index (κ2) is 16.3. The molecule has 10 rings (SSSR count). The average Bonchev–Trinajstić information content (AvgIpc) is 4.21. The maximum absolute atomic E-state index is 13.8. The van der Waals surface area contributed by atoms with Crippen molar-refractivity contribution in [3.05, 3.63) is 178 Å². The van der Waals surface area contributed by atoms with Gasteiger partial charge in [-0.3, -0.25) is 9.97 Å². The molecule has 8 aromatic rings. The summed E-state index contributed by atoms with van der Waals surface area (Å²) in [6.45, 7) is 0. The summed E-state index contributed by atoms with van der Waals surface area (Å²) >= 11 is 0. The van der Waals surface area contributed by atoms with Crippen LogP contribution in [0, 0.1) is 11.6 Å². The first kappa shape index (κ1) is 39.5. The van der Waals surface area contributed by atoms with Crippen molar-refractivity contribution in [1.82, 2.24) is 19.1 Å². The van der Waals surface area contributed by atoms with Crippen LogP contribution in [-0.2, 0) is 31.7 Å². The zero-order valence-corrected chi connectivity index (χ0v) is 34.2. The number of rotatable bonds is 10. The molecular weight excluding hydrogens is 771 g/mol. The minimum absolute atomic E-state index is 0.256. The molecule has 2 aliphatic carbocycles. The van der Waals surface area contributed by atoms with Crippen molar-refractivity contribution in [2.45, 2.75) is 50.4 Å². The number of hydrogen-bond acceptors (Lipinski definition) is 5. The van der Waals surface area contributed by atoms with E-state index in [4.69, 9.17) is 4.74 Å². The summed E-state index contributed by atoms with van der Waals surface area (Å²) in [4.78, 5) is 33.3. The normalized spacial score (nSPS) is 13.6. The third-order valence-corrected chi connectivity index (χ3v) is 11.8. The second-order valence-electron chi connectivity index (χ2n) is 16.3. The lowest BCUT2D eigenvalue weighted by molar-refractivity contribution is 0.0598. The number of carbonyl (C=O) groups excluding carboxylic acids is 1. The molecule has 2 fully saturated rings. The van der Waals surface area contributed by atoms with Crippen LogP contribution < -0.4 is 0 Å². The number of pyridine rings is 2. The monoisotopic (exact) mass is 814 g/mol. The number of methoxy groups -OCH3 is 1. The fourth-order valence-corrected chi connectivity index (χ4v) is 8.31. The summed E-state index contributed by atoms with van der Waals surface area (Å²) in [5.74, 6) is -0.855. The van der Waals surface area contributed by atoms with Crippen molar-refractivity contribution >= 4 is 33.7 Å². The highest BCUT2D eigenvalue weighted by Crippen LogP contribution is 2.41. The zero-order valence-electron chi connectivity index (χ0n) is 34.2. The summed E-state index contributed by atoms with van der Waals surface area (Å²) in [5.41, 5.74) is 11.9. The highest BCUT2D eigenvalue weighted by Gasteiger charge is 2.27. The Bertz CT molecular complexity index is 3000. The van der Waals surface area contributed by atoms with E-state index >= 15 is 0 Å². The van der Waals surface area contributed by atoms with Gasteiger partial charge in [-0.25, -0.2) is 18.4 Å². The number of aryl methyl sites for hydroxylation is 2. The van der Waals surface area contributed by atoms with Gasteiger partial charge in [0.1, 0.15) is 11.6 Å². The van der Waals surface area contributed by atoms with Crippen molar-refractivity contribution in [1.29, 1.82) is 0 Å². The molecule has 61 heavy (non-hydrogen) atoms. The first-order chi connectivity index (χ1) is 29.5. The number of carbonyl (C=O) groups is 2. The SMILES string of the molecule is COC(=O)c1cc(C2CC2)cnc1Cc1ccc2c(c1)c(-c1cccc(F)c1)cn2C.Cn1cc(-c2cccc(F)c2)c2cc(Cc3ncc(C4CC4)cc3C(=O)O)ccc21. The number of hydrogen-bond donors (Lipinski definition) is 1. The van der Waals surface area contributed by atoms with Crippen molar-refractivity contribution in [3.63, 3.8) is 0 Å². The molecule has 10 heteroatoms. The Balaban J connectivity index is 0.000000156. The molecule has 0 radical (unpaired) electrons. The number of aromatic carboxylic acids is 1. The molecule has 0 bridgehead atoms. The van der Waals surface area contributed by atoms with Gasteiger partial charge in [0.15, 0.2) is 0 Å². The van der Waals surface area contributed by atoms with Crippen LogP contribution in [0.4, 0.5) is 8.78 Å². The fourth-order valence-electron chi connectivity index (χ4n) is 8.31. The van der Waals surface area contributed by atoms with Crippen LogP contribution in [0.2, 0.25) is 0 Å². The third-order valence-electron chi connectivity index (χ3n) is 11.8. The van der Waals surface area contributed by atoms with Crippen LogP contribution in [0.3, 0.4) is 0 Å². The lowest BCUT2D eigenvalue weighted by Crippen LogP contribution is -2.09. The number of nitrogens with zero attached hydrogens (tertiary/aromatic N) is 4. The molecule has 0 aliphatic heterocycles. The number of halogens is 2. The van der Waals surface area contributed by atoms with Gasteiger partial charge in [0.2, 0.25) is 0 Å². The van der Waals surface area contributed by atoms with Gasteiger partial charge in [0.05, 0.1) is 29.6 Å². The van der Waals surface area contributed by atoms with Crippen LogP contribution in [0.5, 0.6) is 0 Å². The molecule has 8 nitrogen and oxygen atoms in total. The Morgan fingerprint density at radius 3 is 1.54 bits per heavy atom. The van der Waals surface area contributed by atoms with Gasteiger partial charge in [0, 0.05) is 84.7 Å². The molecule has 0 amide bonds. The van der Waals surface area contributed by atoms with Gasteiger partial charge in [-0.15, -0.1) is 0 Å². The first-order valence-electron chi connectivity index (χ1n) is 20.5. The Kier molecular flexibility index (Phi) is 10.5. The van der Waals surface area contributed by atoms with E-state index in [0.717, 1.165) is 92.0 Å². The molecule has 4 heterocycles. The molecule has 0 unspecified atom stereocenters. The maximum Gasteiger partial charge on any atom is 0.339 e. The molecule has 0 spiro atoms. The van der Waals surface area contributed by atoms with Gasteiger partial charge >= 0.3 is 11.9 Å². The Morgan fingerprint density at radius 1 is 0.656 bits per heavy atom. The van der Waals surface area contributed by atoms with Crippen LogP contribution in [-0.4, -0.2) is 43.3 Å². The van der Waals surface area contributed by atoms with Crippen LogP contribution in [0.15, 0.2) is 122 Å². The fraction of sp³-hybridized carbons (Fsp3) is 0.216. The number of aromatic nitrogens is 4. The van der Waals surface area contributed by atoms with E-state index in [1.165, 1.54) is 25.3 Å². The highest BCUT2D eigenvalue weighted by molar-refractivity contribution is 5.98. The predicted molar refractivity (Wildman–Crippen MR) is 233 cm³/mol. The minimum atomic E-state index is -0.943. The standard InChI is InChI=1S/C26H23FN2O2.C25H21FN2O2/c1-29-15-23(18-4-3-5-20(27)12-18)21-10-16(6-9-25(21)29)11-24-22(26(30)31-2)13-19(14-28-24)17-7-8-17;1-28-14-22(17-3-2-4-19(26)11-17)20-9-15(5-8-24(20)28)10-23-21(25(29)30)12-18(13-27-23)16-6-7-16/h3-6,9-10,12-15,17H,7-8,11H2,1-2H3;2-5,8-9,11-14,16H,6-7,10H2,1H3,(H,29,30). The van der Waals surface area contributed by atoms with E-state index in [0.29, 0.717) is 41.6 Å². The number of ether oxygens (including phenoxy) is 1. The number of carboxylic acids is 1. The molecule has 2 saturated carbocycles. The molecule has 4 aromatic heterocycles. The van der Waals surface area contributed by atoms with E-state index in [1.54, 1.807) is 24.3 Å². The largest absolute Gasteiger partial charge is 0.478 e. The first-order valence-corrected chi connectivity index (χ1v) is 20.5. The topological polar surface area (TPSA) is 99.2 Å². The molecule has 1 N–H and O–H groups in total. The lowest BCUT2D eigenvalue weighted by atomic mass is 9.99. The zero-order chi connectivity index (χ0) is 42.4. The van der Waals surface area contributed by atoms with Gasteiger partial charge in [0.25, 0.3) is 0 Å². The Hall–Kier alpha value is -6.94. The van der Waals surface area contributed by atoms with Crippen molar-refractivity contribution in [2.75, 3.05) is 7.11 Å². The van der Waals surface area contributed by atoms with E-state index in [2.05, 4.69) is 34.2 Å². The highest BCUT2D eigenvalue weighted by atomic mass is 19.1. The molecular formula is C51H44F2N4O4. The van der Waals surface area contributed by atoms with Crippen molar-refractivity contribution in [2.24, 2.45) is 14.1 Å². The molecule has 2 aliphatic rings. The number of fused-ring (bicyclic) bond motifs is 2. The minimum Gasteiger partial charge on any atom is -0.478 e. The number of carboxylic acid groups (broad SMARTS) is 1. The van der Waals surface area contributed by atoms with Crippen LogP contribution >= 0.6 is 0 Å². The predicted octanol–water partition coefficient (Wildman–Crippen LogP) is 11.2. The number of esters is 1. The van der Waals surface area contributed by atoms with Crippen LogP contribution in [0.25, 0.3) is 44.1 Å². The molecule has 4 aromatic carbocycles. The summed E-state index contributed by atoms with van der Waals surface area (Å²) in [6.07, 6.45) is 13.2. The van der Waals surface area contributed by atoms with Crippen molar-refractivity contribution < 1.29 is 28.2 Å². The Morgan fingerprint density at radius 2 is 1.11 bits per heavy atom. The summed E-state index contributed by atoms with van der Waals surface area (Å²) < 4.78 is 36.7. The summed E-state index contributed by atoms with van der Waals surface area (Å²) in [6, 6.07) is 29.2. The van der Waals surface area contributed by atoms with E-state index in [1.807, 2.05) is 78.3 Å². The Labute approximate surface area is 352 Å². The second-order valence-corrected chi connectivity index (χ2v) is 16.3. The molecule has 306 valence electrons. The van der Waals surface area contributed by atoms with Gasteiger partial charge in [-0.1, -0.05) is 36.4 Å². The third kappa shape index (κ3) is 8.31. The van der Waals surface area contributed by atoms with Crippen molar-refractivity contribution in [3.8, 4) is 22.3 Å². The van der Waals surface area contributed by atoms with Crippen LogP contribution in [0.1, 0.15) is 91.9 Å². The van der Waals surface area contributed by atoms with Gasteiger partial charge < -0.3 is 19.0 Å². The smallest absolute Gasteiger partial charge is 0.339 e. The van der Waals surface area contributed by atoms with E-state index in [9.17, 15) is 23.5 Å². The molecule has 0 atom stereocenters. The lowest BCUT2D eigenvalue weighted by Gasteiger charge is -2.10. The maximum atomic E-state index is 13.8. The van der Waals surface area contributed by atoms with E-state index < -0.39 is 5.97 Å². The van der Waals surface area contributed by atoms with Gasteiger partial charge in [-0.05, 0) is 132 Å².